The van der Waals surface area contributed by atoms with Gasteiger partial charge < -0.3 is 5.73 Å². The Morgan fingerprint density at radius 3 is 2.67 bits per heavy atom. The molecule has 2 nitrogen and oxygen atoms in total. The van der Waals surface area contributed by atoms with Crippen LogP contribution in [0.15, 0.2) is 0 Å². The van der Waals surface area contributed by atoms with Gasteiger partial charge in [0.15, 0.2) is 5.78 Å². The van der Waals surface area contributed by atoms with E-state index in [2.05, 4.69) is 5.92 Å². The van der Waals surface area contributed by atoms with Crippen LogP contribution in [0.1, 0.15) is 33.1 Å². The third kappa shape index (κ3) is 3.54. The van der Waals surface area contributed by atoms with E-state index in [9.17, 15) is 4.79 Å². The lowest BCUT2D eigenvalue weighted by Gasteiger charge is -2.15. The molecule has 12 heavy (non-hydrogen) atoms. The lowest BCUT2D eigenvalue weighted by Crippen LogP contribution is -2.36. The first kappa shape index (κ1) is 11.2. The summed E-state index contributed by atoms with van der Waals surface area (Å²) in [6.45, 7) is 4.01. The van der Waals surface area contributed by atoms with Crippen molar-refractivity contribution in [2.24, 2.45) is 11.7 Å². The second-order valence-corrected chi connectivity index (χ2v) is 3.08. The quantitative estimate of drug-likeness (QED) is 0.628. The molecule has 0 aliphatic carbocycles. The van der Waals surface area contributed by atoms with Crippen LogP contribution < -0.4 is 5.73 Å². The van der Waals surface area contributed by atoms with Gasteiger partial charge in [0, 0.05) is 12.8 Å². The molecule has 0 aromatic rings. The predicted octanol–water partition coefficient (Wildman–Crippen LogP) is 1.34. The van der Waals surface area contributed by atoms with E-state index < -0.39 is 0 Å². The second kappa shape index (κ2) is 5.79. The minimum absolute atomic E-state index is 0.0855. The van der Waals surface area contributed by atoms with Gasteiger partial charge in [0.25, 0.3) is 0 Å². The maximum Gasteiger partial charge on any atom is 0.150 e. The van der Waals surface area contributed by atoms with E-state index >= 15 is 0 Å². The van der Waals surface area contributed by atoms with E-state index in [1.807, 2.05) is 13.8 Å². The van der Waals surface area contributed by atoms with Crippen molar-refractivity contribution in [3.05, 3.63) is 0 Å². The van der Waals surface area contributed by atoms with Crippen molar-refractivity contribution in [2.75, 3.05) is 0 Å². The van der Waals surface area contributed by atoms with Crippen LogP contribution in [0.25, 0.3) is 0 Å². The normalized spacial score (nSPS) is 14.8. The van der Waals surface area contributed by atoms with Crippen LogP contribution in [0.3, 0.4) is 0 Å². The van der Waals surface area contributed by atoms with E-state index in [0.29, 0.717) is 12.8 Å². The summed E-state index contributed by atoms with van der Waals surface area (Å²) in [4.78, 5) is 11.3. The summed E-state index contributed by atoms with van der Waals surface area (Å²) in [5.41, 5.74) is 5.69. The minimum Gasteiger partial charge on any atom is -0.321 e. The highest BCUT2D eigenvalue weighted by Crippen LogP contribution is 2.08. The fraction of sp³-hybridized carbons (Fsp3) is 0.700. The zero-order valence-corrected chi connectivity index (χ0v) is 7.84. The minimum atomic E-state index is -0.330. The van der Waals surface area contributed by atoms with Gasteiger partial charge in [-0.05, 0) is 5.92 Å². The Morgan fingerprint density at radius 1 is 1.67 bits per heavy atom. The lowest BCUT2D eigenvalue weighted by atomic mass is 9.94. The molecule has 0 aliphatic heterocycles. The predicted molar refractivity (Wildman–Crippen MR) is 50.5 cm³/mol. The fourth-order valence-corrected chi connectivity index (χ4v) is 0.933. The number of Topliss-reactive ketones (excluding diaryl/α,β-unsaturated/α-hetero) is 1. The van der Waals surface area contributed by atoms with Gasteiger partial charge in [0.2, 0.25) is 0 Å². The highest BCUT2D eigenvalue weighted by Gasteiger charge is 2.17. The number of rotatable bonds is 5. The van der Waals surface area contributed by atoms with Gasteiger partial charge in [0.05, 0.1) is 6.04 Å². The third-order valence-corrected chi connectivity index (χ3v) is 2.14. The molecule has 0 heterocycles. The standard InChI is InChI=1S/C10H17NO/c1-4-6-7-9(12)10(11)8(3)5-2/h1,8,10H,5-7,11H2,2-3H3. The second-order valence-electron chi connectivity index (χ2n) is 3.08. The van der Waals surface area contributed by atoms with E-state index in [4.69, 9.17) is 12.2 Å². The summed E-state index contributed by atoms with van der Waals surface area (Å²) in [5, 5.41) is 0. The van der Waals surface area contributed by atoms with Crippen LogP contribution in [-0.2, 0) is 4.79 Å². The Hall–Kier alpha value is -0.810. The third-order valence-electron chi connectivity index (χ3n) is 2.14. The van der Waals surface area contributed by atoms with Crippen LogP contribution in [0.2, 0.25) is 0 Å². The Kier molecular flexibility index (Phi) is 5.40. The van der Waals surface area contributed by atoms with Gasteiger partial charge in [0.1, 0.15) is 0 Å². The van der Waals surface area contributed by atoms with Gasteiger partial charge in [-0.2, -0.15) is 0 Å². The van der Waals surface area contributed by atoms with Gasteiger partial charge >= 0.3 is 0 Å². The van der Waals surface area contributed by atoms with Gasteiger partial charge in [-0.3, -0.25) is 4.79 Å². The number of terminal acetylenes is 1. The SMILES string of the molecule is C#CCCC(=O)C(N)C(C)CC. The van der Waals surface area contributed by atoms with E-state index in [0.717, 1.165) is 6.42 Å². The summed E-state index contributed by atoms with van der Waals surface area (Å²) in [6, 6.07) is -0.330. The van der Waals surface area contributed by atoms with Crippen molar-refractivity contribution in [1.82, 2.24) is 0 Å². The van der Waals surface area contributed by atoms with Gasteiger partial charge in [-0.1, -0.05) is 20.3 Å². The summed E-state index contributed by atoms with van der Waals surface area (Å²) < 4.78 is 0. The molecule has 0 aromatic heterocycles. The summed E-state index contributed by atoms with van der Waals surface area (Å²) in [6.07, 6.45) is 6.90. The molecule has 0 fully saturated rings. The Morgan fingerprint density at radius 2 is 2.25 bits per heavy atom. The molecule has 68 valence electrons. The molecule has 2 heteroatoms. The molecule has 0 bridgehead atoms. The van der Waals surface area contributed by atoms with Gasteiger partial charge in [-0.15, -0.1) is 12.3 Å². The van der Waals surface area contributed by atoms with E-state index in [1.165, 1.54) is 0 Å². The molecular weight excluding hydrogens is 150 g/mol. The zero-order chi connectivity index (χ0) is 9.56. The zero-order valence-electron chi connectivity index (χ0n) is 7.84. The van der Waals surface area contributed by atoms with Crippen LogP contribution in [0, 0.1) is 18.3 Å². The average molecular weight is 167 g/mol. The molecule has 0 spiro atoms. The van der Waals surface area contributed by atoms with Crippen LogP contribution in [-0.4, -0.2) is 11.8 Å². The number of hydrogen-bond donors (Lipinski definition) is 1. The molecule has 0 aliphatic rings. The van der Waals surface area contributed by atoms with Crippen molar-refractivity contribution < 1.29 is 4.79 Å². The van der Waals surface area contributed by atoms with Crippen molar-refractivity contribution in [3.63, 3.8) is 0 Å². The number of nitrogens with two attached hydrogens (primary N) is 1. The van der Waals surface area contributed by atoms with Crippen molar-refractivity contribution >= 4 is 5.78 Å². The molecule has 0 rings (SSSR count). The monoisotopic (exact) mass is 167 g/mol. The summed E-state index contributed by atoms with van der Waals surface area (Å²) in [5.74, 6) is 2.78. The Labute approximate surface area is 74.5 Å². The maximum atomic E-state index is 11.3. The van der Waals surface area contributed by atoms with Crippen molar-refractivity contribution in [1.29, 1.82) is 0 Å². The number of ketones is 1. The highest BCUT2D eigenvalue weighted by molar-refractivity contribution is 5.84. The average Bonchev–Trinajstić information content (AvgIpc) is 2.11. The van der Waals surface area contributed by atoms with Crippen molar-refractivity contribution in [2.45, 2.75) is 39.2 Å². The Bertz CT molecular complexity index is 181. The molecule has 0 amide bonds. The summed E-state index contributed by atoms with van der Waals surface area (Å²) >= 11 is 0. The smallest absolute Gasteiger partial charge is 0.150 e. The first-order valence-electron chi connectivity index (χ1n) is 4.35. The molecule has 2 unspecified atom stereocenters. The number of carbonyl (C=O) groups excluding carboxylic acids is 1. The molecular formula is C10H17NO. The highest BCUT2D eigenvalue weighted by atomic mass is 16.1. The fourth-order valence-electron chi connectivity index (χ4n) is 0.933. The van der Waals surface area contributed by atoms with Gasteiger partial charge in [-0.25, -0.2) is 0 Å². The summed E-state index contributed by atoms with van der Waals surface area (Å²) in [7, 11) is 0. The largest absolute Gasteiger partial charge is 0.321 e. The van der Waals surface area contributed by atoms with E-state index in [-0.39, 0.29) is 17.7 Å². The molecule has 0 saturated carbocycles. The topological polar surface area (TPSA) is 43.1 Å². The maximum absolute atomic E-state index is 11.3. The molecule has 2 N–H and O–H groups in total. The van der Waals surface area contributed by atoms with Crippen LogP contribution in [0.4, 0.5) is 0 Å². The Balaban J connectivity index is 3.85. The number of carbonyl (C=O) groups is 1. The van der Waals surface area contributed by atoms with Crippen LogP contribution >= 0.6 is 0 Å². The molecule has 2 atom stereocenters. The van der Waals surface area contributed by atoms with Crippen LogP contribution in [0.5, 0.6) is 0 Å². The first-order valence-corrected chi connectivity index (χ1v) is 4.35. The first-order chi connectivity index (χ1) is 5.63. The number of hydrogen-bond acceptors (Lipinski definition) is 2. The van der Waals surface area contributed by atoms with Crippen molar-refractivity contribution in [3.8, 4) is 12.3 Å². The lowest BCUT2D eigenvalue weighted by molar-refractivity contribution is -0.121. The molecule has 0 saturated heterocycles. The molecule has 0 aromatic carbocycles. The molecule has 0 radical (unpaired) electrons. The van der Waals surface area contributed by atoms with E-state index in [1.54, 1.807) is 0 Å².